The van der Waals surface area contributed by atoms with Gasteiger partial charge in [-0.25, -0.2) is 4.79 Å². The summed E-state index contributed by atoms with van der Waals surface area (Å²) in [6.45, 7) is 10.3. The molecule has 0 radical (unpaired) electrons. The number of urea groups is 1. The Labute approximate surface area is 115 Å². The first-order chi connectivity index (χ1) is 8.59. The van der Waals surface area contributed by atoms with Crippen LogP contribution in [0.1, 0.15) is 53.9 Å². The van der Waals surface area contributed by atoms with Gasteiger partial charge in [0.1, 0.15) is 0 Å². The topological polar surface area (TPSA) is 70.2 Å². The fourth-order valence-electron chi connectivity index (χ4n) is 1.72. The second-order valence-corrected chi connectivity index (χ2v) is 7.03. The van der Waals surface area contributed by atoms with Gasteiger partial charge >= 0.3 is 6.03 Å². The standard InChI is InChI=1S/C14H27N3O2/c1-13(2,3)17-12(19)15-9-8-14(4,5)16-11(18)10-6-7-10/h10H,6-9H2,1-5H3,(H,16,18)(H2,15,17,19). The Hall–Kier alpha value is -1.26. The number of rotatable bonds is 5. The number of amides is 3. The summed E-state index contributed by atoms with van der Waals surface area (Å²) in [6, 6.07) is -0.170. The Morgan fingerprint density at radius 1 is 1.05 bits per heavy atom. The molecule has 0 atom stereocenters. The monoisotopic (exact) mass is 269 g/mol. The Balaban J connectivity index is 2.23. The normalized spacial score (nSPS) is 15.8. The molecule has 1 fully saturated rings. The first-order valence-corrected chi connectivity index (χ1v) is 6.97. The fraction of sp³-hybridized carbons (Fsp3) is 0.857. The lowest BCUT2D eigenvalue weighted by Crippen LogP contribution is -2.49. The summed E-state index contributed by atoms with van der Waals surface area (Å²) in [4.78, 5) is 23.3. The molecule has 0 aromatic rings. The Morgan fingerprint density at radius 2 is 1.63 bits per heavy atom. The van der Waals surface area contributed by atoms with E-state index in [0.717, 1.165) is 12.8 Å². The lowest BCUT2D eigenvalue weighted by molar-refractivity contribution is -0.123. The van der Waals surface area contributed by atoms with Crippen LogP contribution >= 0.6 is 0 Å². The molecule has 5 nitrogen and oxygen atoms in total. The molecule has 0 aliphatic heterocycles. The number of nitrogens with one attached hydrogen (secondary N) is 3. The molecule has 0 saturated heterocycles. The molecule has 1 rings (SSSR count). The highest BCUT2D eigenvalue weighted by Crippen LogP contribution is 2.29. The van der Waals surface area contributed by atoms with Crippen LogP contribution in [-0.2, 0) is 4.79 Å². The van der Waals surface area contributed by atoms with Gasteiger partial charge in [-0.2, -0.15) is 0 Å². The molecule has 0 aromatic heterocycles. The predicted octanol–water partition coefficient (Wildman–Crippen LogP) is 1.78. The second-order valence-electron chi connectivity index (χ2n) is 7.03. The third kappa shape index (κ3) is 7.03. The fourth-order valence-corrected chi connectivity index (χ4v) is 1.72. The highest BCUT2D eigenvalue weighted by molar-refractivity contribution is 5.81. The SMILES string of the molecule is CC(C)(C)NC(=O)NCCC(C)(C)NC(=O)C1CC1. The average Bonchev–Trinajstić information content (AvgIpc) is 2.95. The van der Waals surface area contributed by atoms with Crippen molar-refractivity contribution in [1.82, 2.24) is 16.0 Å². The molecule has 19 heavy (non-hydrogen) atoms. The highest BCUT2D eigenvalue weighted by Gasteiger charge is 2.32. The minimum absolute atomic E-state index is 0.143. The molecule has 3 N–H and O–H groups in total. The maximum absolute atomic E-state index is 11.7. The molecule has 1 saturated carbocycles. The molecule has 5 heteroatoms. The van der Waals surface area contributed by atoms with Gasteiger partial charge in [-0.3, -0.25) is 4.79 Å². The molecule has 0 unspecified atom stereocenters. The van der Waals surface area contributed by atoms with Gasteiger partial charge in [0.2, 0.25) is 5.91 Å². The van der Waals surface area contributed by atoms with Gasteiger partial charge < -0.3 is 16.0 Å². The maximum atomic E-state index is 11.7. The van der Waals surface area contributed by atoms with Gasteiger partial charge in [0.15, 0.2) is 0 Å². The van der Waals surface area contributed by atoms with E-state index in [1.165, 1.54) is 0 Å². The van der Waals surface area contributed by atoms with Crippen LogP contribution in [0.4, 0.5) is 4.79 Å². The van der Waals surface area contributed by atoms with Crippen molar-refractivity contribution < 1.29 is 9.59 Å². The summed E-state index contributed by atoms with van der Waals surface area (Å²) in [6.07, 6.45) is 2.73. The van der Waals surface area contributed by atoms with Gasteiger partial charge in [-0.05, 0) is 53.9 Å². The Kier molecular flexibility index (Phi) is 4.82. The van der Waals surface area contributed by atoms with E-state index in [0.29, 0.717) is 13.0 Å². The van der Waals surface area contributed by atoms with Crippen LogP contribution < -0.4 is 16.0 Å². The van der Waals surface area contributed by atoms with Gasteiger partial charge in [-0.15, -0.1) is 0 Å². The Bertz CT molecular complexity index is 341. The second kappa shape index (κ2) is 5.80. The van der Waals surface area contributed by atoms with E-state index in [-0.39, 0.29) is 28.9 Å². The number of hydrogen-bond donors (Lipinski definition) is 3. The van der Waals surface area contributed by atoms with Crippen LogP contribution in [0, 0.1) is 5.92 Å². The minimum atomic E-state index is -0.283. The third-order valence-electron chi connectivity index (χ3n) is 2.93. The quantitative estimate of drug-likeness (QED) is 0.712. The maximum Gasteiger partial charge on any atom is 0.315 e. The zero-order chi connectivity index (χ0) is 14.7. The molecule has 1 aliphatic carbocycles. The van der Waals surface area contributed by atoms with Crippen molar-refractivity contribution in [3.63, 3.8) is 0 Å². The predicted molar refractivity (Wildman–Crippen MR) is 75.9 cm³/mol. The smallest absolute Gasteiger partial charge is 0.315 e. The minimum Gasteiger partial charge on any atom is -0.351 e. The van der Waals surface area contributed by atoms with Crippen LogP contribution in [0.25, 0.3) is 0 Å². The van der Waals surface area contributed by atoms with Crippen molar-refractivity contribution in [3.8, 4) is 0 Å². The zero-order valence-corrected chi connectivity index (χ0v) is 12.7. The molecule has 1 aliphatic rings. The van der Waals surface area contributed by atoms with Crippen LogP contribution in [-0.4, -0.2) is 29.6 Å². The van der Waals surface area contributed by atoms with E-state index in [9.17, 15) is 9.59 Å². The van der Waals surface area contributed by atoms with Crippen molar-refractivity contribution >= 4 is 11.9 Å². The lowest BCUT2D eigenvalue weighted by atomic mass is 10.0. The van der Waals surface area contributed by atoms with E-state index >= 15 is 0 Å². The number of carbonyl (C=O) groups excluding carboxylic acids is 2. The summed E-state index contributed by atoms with van der Waals surface area (Å²) < 4.78 is 0. The van der Waals surface area contributed by atoms with Crippen LogP contribution in [0.3, 0.4) is 0 Å². The van der Waals surface area contributed by atoms with Crippen LogP contribution in [0.5, 0.6) is 0 Å². The van der Waals surface area contributed by atoms with Crippen molar-refractivity contribution in [2.24, 2.45) is 5.92 Å². The molecule has 3 amide bonds. The zero-order valence-electron chi connectivity index (χ0n) is 12.7. The molecular formula is C14H27N3O2. The van der Waals surface area contributed by atoms with Gasteiger partial charge in [-0.1, -0.05) is 0 Å². The summed E-state index contributed by atoms with van der Waals surface area (Å²) >= 11 is 0. The van der Waals surface area contributed by atoms with Crippen molar-refractivity contribution in [2.75, 3.05) is 6.54 Å². The molecule has 0 spiro atoms. The number of hydrogen-bond acceptors (Lipinski definition) is 2. The molecule has 0 heterocycles. The third-order valence-corrected chi connectivity index (χ3v) is 2.93. The van der Waals surface area contributed by atoms with E-state index in [1.54, 1.807) is 0 Å². The van der Waals surface area contributed by atoms with Crippen LogP contribution in [0.15, 0.2) is 0 Å². The highest BCUT2D eigenvalue weighted by atomic mass is 16.2. The van der Waals surface area contributed by atoms with E-state index in [2.05, 4.69) is 16.0 Å². The van der Waals surface area contributed by atoms with E-state index < -0.39 is 0 Å². The summed E-state index contributed by atoms with van der Waals surface area (Å²) in [5, 5.41) is 8.68. The van der Waals surface area contributed by atoms with Gasteiger partial charge in [0.05, 0.1) is 0 Å². The van der Waals surface area contributed by atoms with Crippen molar-refractivity contribution in [1.29, 1.82) is 0 Å². The molecular weight excluding hydrogens is 242 g/mol. The number of carbonyl (C=O) groups is 2. The summed E-state index contributed by atoms with van der Waals surface area (Å²) in [5.74, 6) is 0.362. The summed E-state index contributed by atoms with van der Waals surface area (Å²) in [5.41, 5.74) is -0.519. The van der Waals surface area contributed by atoms with Crippen LogP contribution in [0.2, 0.25) is 0 Å². The molecule has 0 bridgehead atoms. The first-order valence-electron chi connectivity index (χ1n) is 6.97. The van der Waals surface area contributed by atoms with Crippen molar-refractivity contribution in [2.45, 2.75) is 65.0 Å². The largest absolute Gasteiger partial charge is 0.351 e. The van der Waals surface area contributed by atoms with Gasteiger partial charge in [0, 0.05) is 23.5 Å². The Morgan fingerprint density at radius 3 is 2.11 bits per heavy atom. The van der Waals surface area contributed by atoms with Crippen molar-refractivity contribution in [3.05, 3.63) is 0 Å². The lowest BCUT2D eigenvalue weighted by Gasteiger charge is -2.27. The molecule has 0 aromatic carbocycles. The van der Waals surface area contributed by atoms with E-state index in [4.69, 9.17) is 0 Å². The first kappa shape index (κ1) is 15.8. The van der Waals surface area contributed by atoms with E-state index in [1.807, 2.05) is 34.6 Å². The molecule has 110 valence electrons. The van der Waals surface area contributed by atoms with Gasteiger partial charge in [0.25, 0.3) is 0 Å². The average molecular weight is 269 g/mol. The summed E-state index contributed by atoms with van der Waals surface area (Å²) in [7, 11) is 0.